The number of benzene rings is 1. The third-order valence-corrected chi connectivity index (χ3v) is 4.88. The minimum Gasteiger partial charge on any atom is -0.332 e. The maximum absolute atomic E-state index is 12.9. The van der Waals surface area contributed by atoms with Crippen LogP contribution < -0.4 is 0 Å². The molecule has 4 rings (SSSR count). The average molecular weight is 292 g/mol. The van der Waals surface area contributed by atoms with Crippen LogP contribution in [0.3, 0.4) is 0 Å². The van der Waals surface area contributed by atoms with Crippen LogP contribution in [0.25, 0.3) is 0 Å². The number of hydrogen-bond donors (Lipinski definition) is 0. The van der Waals surface area contributed by atoms with Crippen molar-refractivity contribution in [1.29, 1.82) is 0 Å². The highest BCUT2D eigenvalue weighted by Gasteiger charge is 2.30. The summed E-state index contributed by atoms with van der Waals surface area (Å²) in [4.78, 5) is 19.3. The van der Waals surface area contributed by atoms with E-state index in [-0.39, 0.29) is 11.9 Å². The molecule has 0 N–H and O–H groups in total. The van der Waals surface area contributed by atoms with E-state index in [0.717, 1.165) is 24.2 Å². The van der Waals surface area contributed by atoms with Crippen LogP contribution in [0, 0.1) is 0 Å². The molecule has 2 aromatic rings. The summed E-state index contributed by atoms with van der Waals surface area (Å²) >= 11 is 0. The molecule has 1 fully saturated rings. The number of pyridine rings is 1. The zero-order valence-electron chi connectivity index (χ0n) is 12.8. The fourth-order valence-electron chi connectivity index (χ4n) is 3.40. The quantitative estimate of drug-likeness (QED) is 0.845. The second kappa shape index (κ2) is 5.24. The highest BCUT2D eigenvalue weighted by atomic mass is 16.2. The van der Waals surface area contributed by atoms with Gasteiger partial charge < -0.3 is 4.90 Å². The Morgan fingerprint density at radius 1 is 1.23 bits per heavy atom. The predicted octanol–water partition coefficient (Wildman–Crippen LogP) is 3.72. The van der Waals surface area contributed by atoms with Gasteiger partial charge in [0.05, 0.1) is 6.04 Å². The molecule has 0 saturated heterocycles. The monoisotopic (exact) mass is 292 g/mol. The van der Waals surface area contributed by atoms with E-state index in [4.69, 9.17) is 0 Å². The van der Waals surface area contributed by atoms with Crippen LogP contribution in [0.1, 0.15) is 58.9 Å². The summed E-state index contributed by atoms with van der Waals surface area (Å²) in [5.41, 5.74) is 4.50. The van der Waals surface area contributed by atoms with E-state index in [1.165, 1.54) is 24.0 Å². The van der Waals surface area contributed by atoms with Crippen LogP contribution in [-0.2, 0) is 6.42 Å². The topological polar surface area (TPSA) is 33.2 Å². The molecule has 0 spiro atoms. The van der Waals surface area contributed by atoms with Crippen LogP contribution in [0.15, 0.2) is 42.6 Å². The molecule has 0 bridgehead atoms. The molecule has 1 aliphatic carbocycles. The van der Waals surface area contributed by atoms with Crippen molar-refractivity contribution in [3.63, 3.8) is 0 Å². The number of carbonyl (C=O) groups is 1. The largest absolute Gasteiger partial charge is 0.332 e. The van der Waals surface area contributed by atoms with Gasteiger partial charge in [0, 0.05) is 29.9 Å². The number of rotatable bonds is 2. The van der Waals surface area contributed by atoms with Crippen molar-refractivity contribution >= 4 is 5.91 Å². The highest BCUT2D eigenvalue weighted by molar-refractivity contribution is 5.94. The van der Waals surface area contributed by atoms with E-state index < -0.39 is 0 Å². The van der Waals surface area contributed by atoms with Gasteiger partial charge in [0.2, 0.25) is 0 Å². The van der Waals surface area contributed by atoms with E-state index in [0.29, 0.717) is 5.92 Å². The molecule has 3 heteroatoms. The molecule has 22 heavy (non-hydrogen) atoms. The van der Waals surface area contributed by atoms with Gasteiger partial charge >= 0.3 is 0 Å². The molecule has 2 heterocycles. The number of carbonyl (C=O) groups excluding carboxylic acids is 1. The van der Waals surface area contributed by atoms with Crippen LogP contribution in [0.2, 0.25) is 0 Å². The summed E-state index contributed by atoms with van der Waals surface area (Å²) in [7, 11) is 0. The summed E-state index contributed by atoms with van der Waals surface area (Å²) < 4.78 is 0. The molecular weight excluding hydrogens is 272 g/mol. The lowest BCUT2D eigenvalue weighted by Gasteiger charge is -2.35. The first-order chi connectivity index (χ1) is 10.7. The highest BCUT2D eigenvalue weighted by Crippen LogP contribution is 2.39. The van der Waals surface area contributed by atoms with Gasteiger partial charge in [-0.1, -0.05) is 24.3 Å². The number of amides is 1. The Hall–Kier alpha value is -2.16. The normalized spacial score (nSPS) is 20.6. The van der Waals surface area contributed by atoms with Crippen molar-refractivity contribution in [3.05, 3.63) is 65.0 Å². The van der Waals surface area contributed by atoms with Gasteiger partial charge in [-0.2, -0.15) is 0 Å². The molecule has 1 saturated carbocycles. The van der Waals surface area contributed by atoms with Gasteiger partial charge in [0.15, 0.2) is 0 Å². The standard InChI is InChI=1S/C19H20N2O/c1-13-17-5-3-2-4-14(17)9-11-21(13)19(22)16-8-10-20-18(12-16)15-6-7-15/h2-5,8,10,12-13,15H,6-7,9,11H2,1H3/t13-/m1/s1. The van der Waals surface area contributed by atoms with Crippen molar-refractivity contribution in [1.82, 2.24) is 9.88 Å². The van der Waals surface area contributed by atoms with E-state index in [9.17, 15) is 4.79 Å². The molecular formula is C19H20N2O. The molecule has 0 unspecified atom stereocenters. The van der Waals surface area contributed by atoms with Crippen molar-refractivity contribution in [3.8, 4) is 0 Å². The zero-order chi connectivity index (χ0) is 15.1. The second-order valence-corrected chi connectivity index (χ2v) is 6.37. The molecule has 1 amide bonds. The summed E-state index contributed by atoms with van der Waals surface area (Å²) in [5.74, 6) is 0.707. The summed E-state index contributed by atoms with van der Waals surface area (Å²) in [6.07, 6.45) is 5.13. The van der Waals surface area contributed by atoms with Crippen LogP contribution in [-0.4, -0.2) is 22.3 Å². The molecule has 1 aromatic heterocycles. The maximum atomic E-state index is 12.9. The lowest BCUT2D eigenvalue weighted by atomic mass is 9.93. The summed E-state index contributed by atoms with van der Waals surface area (Å²) in [6, 6.07) is 12.4. The van der Waals surface area contributed by atoms with Gasteiger partial charge in [0.25, 0.3) is 5.91 Å². The fourth-order valence-corrected chi connectivity index (χ4v) is 3.40. The third-order valence-electron chi connectivity index (χ3n) is 4.88. The van der Waals surface area contributed by atoms with Crippen molar-refractivity contribution < 1.29 is 4.79 Å². The van der Waals surface area contributed by atoms with Crippen molar-refractivity contribution in [2.45, 2.75) is 38.1 Å². The molecule has 2 aliphatic rings. The lowest BCUT2D eigenvalue weighted by Crippen LogP contribution is -2.38. The Balaban J connectivity index is 1.62. The van der Waals surface area contributed by atoms with Gasteiger partial charge in [-0.05, 0) is 49.4 Å². The number of fused-ring (bicyclic) bond motifs is 1. The second-order valence-electron chi connectivity index (χ2n) is 6.37. The Bertz CT molecular complexity index is 721. The van der Waals surface area contributed by atoms with Gasteiger partial charge in [-0.3, -0.25) is 9.78 Å². The van der Waals surface area contributed by atoms with Gasteiger partial charge in [0.1, 0.15) is 0 Å². The number of nitrogens with zero attached hydrogens (tertiary/aromatic N) is 2. The molecule has 0 radical (unpaired) electrons. The van der Waals surface area contributed by atoms with E-state index >= 15 is 0 Å². The van der Waals surface area contributed by atoms with Crippen LogP contribution in [0.5, 0.6) is 0 Å². The average Bonchev–Trinajstić information content (AvgIpc) is 3.40. The lowest BCUT2D eigenvalue weighted by molar-refractivity contribution is 0.0677. The molecule has 1 aromatic carbocycles. The third kappa shape index (κ3) is 2.31. The van der Waals surface area contributed by atoms with Crippen molar-refractivity contribution in [2.24, 2.45) is 0 Å². The van der Waals surface area contributed by atoms with E-state index in [1.807, 2.05) is 17.0 Å². The number of hydrogen-bond acceptors (Lipinski definition) is 2. The molecule has 112 valence electrons. The maximum Gasteiger partial charge on any atom is 0.254 e. The zero-order valence-corrected chi connectivity index (χ0v) is 12.8. The first-order valence-corrected chi connectivity index (χ1v) is 8.09. The minimum absolute atomic E-state index is 0.131. The Kier molecular flexibility index (Phi) is 3.21. The van der Waals surface area contributed by atoms with E-state index in [2.05, 4.69) is 36.2 Å². The predicted molar refractivity (Wildman–Crippen MR) is 85.8 cm³/mol. The first kappa shape index (κ1) is 13.5. The summed E-state index contributed by atoms with van der Waals surface area (Å²) in [6.45, 7) is 2.91. The van der Waals surface area contributed by atoms with Crippen LogP contribution >= 0.6 is 0 Å². The minimum atomic E-state index is 0.131. The number of aromatic nitrogens is 1. The molecule has 1 atom stereocenters. The Labute approximate surface area is 131 Å². The van der Waals surface area contributed by atoms with Gasteiger partial charge in [-0.15, -0.1) is 0 Å². The van der Waals surface area contributed by atoms with Crippen molar-refractivity contribution in [2.75, 3.05) is 6.54 Å². The van der Waals surface area contributed by atoms with Crippen LogP contribution in [0.4, 0.5) is 0 Å². The molecule has 3 nitrogen and oxygen atoms in total. The Morgan fingerprint density at radius 3 is 2.86 bits per heavy atom. The fraction of sp³-hybridized carbons (Fsp3) is 0.368. The van der Waals surface area contributed by atoms with E-state index in [1.54, 1.807) is 6.20 Å². The SMILES string of the molecule is C[C@@H]1c2ccccc2CCN1C(=O)c1ccnc(C2CC2)c1. The Morgan fingerprint density at radius 2 is 2.05 bits per heavy atom. The summed E-state index contributed by atoms with van der Waals surface area (Å²) in [5, 5.41) is 0. The molecule has 1 aliphatic heterocycles. The first-order valence-electron chi connectivity index (χ1n) is 8.09. The van der Waals surface area contributed by atoms with Gasteiger partial charge in [-0.25, -0.2) is 0 Å². The smallest absolute Gasteiger partial charge is 0.254 e.